The van der Waals surface area contributed by atoms with Crippen LogP contribution in [0.1, 0.15) is 11.6 Å². The molecule has 2 aromatic rings. The Morgan fingerprint density at radius 2 is 1.78 bits per heavy atom. The van der Waals surface area contributed by atoms with Crippen LogP contribution in [-0.2, 0) is 0 Å². The average Bonchev–Trinajstić information content (AvgIpc) is 2.39. The highest BCUT2D eigenvalue weighted by Crippen LogP contribution is 2.25. The summed E-state index contributed by atoms with van der Waals surface area (Å²) >= 11 is 6.08. The molecule has 0 aliphatic carbocycles. The Kier molecular flexibility index (Phi) is 4.18. The molecule has 2 N–H and O–H groups in total. The second-order valence-electron chi connectivity index (χ2n) is 3.91. The molecule has 0 amide bonds. The molecule has 1 atom stereocenters. The van der Waals surface area contributed by atoms with Gasteiger partial charge >= 0.3 is 0 Å². The Morgan fingerprint density at radius 3 is 2.39 bits per heavy atom. The fraction of sp³-hybridized carbons (Fsp3) is 0.143. The van der Waals surface area contributed by atoms with Gasteiger partial charge in [-0.15, -0.1) is 0 Å². The van der Waals surface area contributed by atoms with Gasteiger partial charge in [-0.1, -0.05) is 29.8 Å². The molecular formula is C14H13ClFNO. The Balaban J connectivity index is 2.20. The summed E-state index contributed by atoms with van der Waals surface area (Å²) in [6.07, 6.45) is 0. The maximum Gasteiger partial charge on any atom is 0.123 e. The molecule has 94 valence electrons. The second-order valence-corrected chi connectivity index (χ2v) is 4.32. The molecule has 0 spiro atoms. The normalized spacial score (nSPS) is 12.2. The van der Waals surface area contributed by atoms with E-state index in [9.17, 15) is 9.50 Å². The molecule has 0 aromatic heterocycles. The van der Waals surface area contributed by atoms with Crippen LogP contribution in [0.2, 0.25) is 5.02 Å². The highest BCUT2D eigenvalue weighted by atomic mass is 35.5. The summed E-state index contributed by atoms with van der Waals surface area (Å²) in [6.45, 7) is -0.0961. The molecule has 18 heavy (non-hydrogen) atoms. The van der Waals surface area contributed by atoms with Gasteiger partial charge in [0.15, 0.2) is 0 Å². The standard InChI is InChI=1S/C14H13ClFNO/c15-13-4-2-1-3-12(13)14(9-18)17-11-7-5-10(16)6-8-11/h1-8,14,17-18H,9H2. The van der Waals surface area contributed by atoms with Gasteiger partial charge in [-0.2, -0.15) is 0 Å². The average molecular weight is 266 g/mol. The molecule has 0 saturated carbocycles. The number of anilines is 1. The summed E-state index contributed by atoms with van der Waals surface area (Å²) in [4.78, 5) is 0. The van der Waals surface area contributed by atoms with E-state index in [2.05, 4.69) is 5.32 Å². The number of hydrogen-bond donors (Lipinski definition) is 2. The molecule has 0 bridgehead atoms. The number of halogens is 2. The van der Waals surface area contributed by atoms with Gasteiger partial charge < -0.3 is 10.4 Å². The second kappa shape index (κ2) is 5.85. The van der Waals surface area contributed by atoms with Crippen molar-refractivity contribution in [1.29, 1.82) is 0 Å². The maximum absolute atomic E-state index is 12.8. The Hall–Kier alpha value is -1.58. The van der Waals surface area contributed by atoms with Crippen molar-refractivity contribution in [3.05, 3.63) is 64.9 Å². The van der Waals surface area contributed by atoms with Crippen molar-refractivity contribution in [3.63, 3.8) is 0 Å². The summed E-state index contributed by atoms with van der Waals surface area (Å²) in [6, 6.07) is 13.0. The summed E-state index contributed by atoms with van der Waals surface area (Å²) in [7, 11) is 0. The topological polar surface area (TPSA) is 32.3 Å². The van der Waals surface area contributed by atoms with E-state index in [-0.39, 0.29) is 18.5 Å². The van der Waals surface area contributed by atoms with E-state index in [1.165, 1.54) is 12.1 Å². The molecule has 2 aromatic carbocycles. The van der Waals surface area contributed by atoms with Gasteiger partial charge in [-0.3, -0.25) is 0 Å². The van der Waals surface area contributed by atoms with Crippen molar-refractivity contribution >= 4 is 17.3 Å². The van der Waals surface area contributed by atoms with Gasteiger partial charge in [-0.25, -0.2) is 4.39 Å². The number of aliphatic hydroxyl groups excluding tert-OH is 1. The molecular weight excluding hydrogens is 253 g/mol. The molecule has 0 saturated heterocycles. The lowest BCUT2D eigenvalue weighted by atomic mass is 10.1. The minimum Gasteiger partial charge on any atom is -0.394 e. The van der Waals surface area contributed by atoms with Gasteiger partial charge in [0.1, 0.15) is 5.82 Å². The first-order valence-corrected chi connectivity index (χ1v) is 5.96. The Morgan fingerprint density at radius 1 is 1.11 bits per heavy atom. The van der Waals surface area contributed by atoms with Crippen molar-refractivity contribution in [3.8, 4) is 0 Å². The third-order valence-electron chi connectivity index (χ3n) is 2.65. The molecule has 1 unspecified atom stereocenters. The summed E-state index contributed by atoms with van der Waals surface area (Å²) in [5.41, 5.74) is 1.54. The van der Waals surface area contributed by atoms with Crippen LogP contribution in [0.25, 0.3) is 0 Å². The summed E-state index contributed by atoms with van der Waals surface area (Å²) in [5.74, 6) is -0.293. The largest absolute Gasteiger partial charge is 0.394 e. The van der Waals surface area contributed by atoms with Gasteiger partial charge in [0.05, 0.1) is 12.6 Å². The van der Waals surface area contributed by atoms with E-state index in [1.54, 1.807) is 18.2 Å². The van der Waals surface area contributed by atoms with Crippen LogP contribution in [0.4, 0.5) is 10.1 Å². The minimum atomic E-state index is -0.316. The first kappa shape index (κ1) is 12.9. The fourth-order valence-electron chi connectivity index (χ4n) is 1.73. The Bertz CT molecular complexity index is 515. The number of benzene rings is 2. The molecule has 2 rings (SSSR count). The summed E-state index contributed by atoms with van der Waals surface area (Å²) < 4.78 is 12.8. The number of aliphatic hydroxyl groups is 1. The lowest BCUT2D eigenvalue weighted by molar-refractivity contribution is 0.276. The third-order valence-corrected chi connectivity index (χ3v) is 2.99. The van der Waals surface area contributed by atoms with Crippen LogP contribution in [0, 0.1) is 5.82 Å². The molecule has 2 nitrogen and oxygen atoms in total. The van der Waals surface area contributed by atoms with Gasteiger partial charge in [0, 0.05) is 10.7 Å². The van der Waals surface area contributed by atoms with Crippen LogP contribution >= 0.6 is 11.6 Å². The van der Waals surface area contributed by atoms with Crippen molar-refractivity contribution in [2.75, 3.05) is 11.9 Å². The van der Waals surface area contributed by atoms with E-state index in [1.807, 2.05) is 18.2 Å². The number of nitrogens with one attached hydrogen (secondary N) is 1. The lowest BCUT2D eigenvalue weighted by Gasteiger charge is -2.19. The molecule has 0 aliphatic rings. The zero-order chi connectivity index (χ0) is 13.0. The van der Waals surface area contributed by atoms with Crippen LogP contribution < -0.4 is 5.32 Å². The predicted molar refractivity (Wildman–Crippen MR) is 71.3 cm³/mol. The Labute approximate surface area is 110 Å². The zero-order valence-electron chi connectivity index (χ0n) is 9.61. The molecule has 0 aliphatic heterocycles. The number of rotatable bonds is 4. The smallest absolute Gasteiger partial charge is 0.123 e. The van der Waals surface area contributed by atoms with Crippen molar-refractivity contribution in [2.24, 2.45) is 0 Å². The van der Waals surface area contributed by atoms with Crippen molar-refractivity contribution in [2.45, 2.75) is 6.04 Å². The SMILES string of the molecule is OCC(Nc1ccc(F)cc1)c1ccccc1Cl. The van der Waals surface area contributed by atoms with E-state index in [0.717, 1.165) is 11.3 Å². The van der Waals surface area contributed by atoms with E-state index < -0.39 is 0 Å². The van der Waals surface area contributed by atoms with E-state index in [4.69, 9.17) is 11.6 Å². The molecule has 0 radical (unpaired) electrons. The zero-order valence-corrected chi connectivity index (χ0v) is 10.4. The maximum atomic E-state index is 12.8. The first-order chi connectivity index (χ1) is 8.70. The molecule has 0 fully saturated rings. The highest BCUT2D eigenvalue weighted by molar-refractivity contribution is 6.31. The van der Waals surface area contributed by atoms with Gasteiger partial charge in [0.2, 0.25) is 0 Å². The van der Waals surface area contributed by atoms with Crippen molar-refractivity contribution < 1.29 is 9.50 Å². The highest BCUT2D eigenvalue weighted by Gasteiger charge is 2.13. The van der Waals surface area contributed by atoms with Crippen LogP contribution in [0.5, 0.6) is 0 Å². The van der Waals surface area contributed by atoms with E-state index in [0.29, 0.717) is 5.02 Å². The first-order valence-electron chi connectivity index (χ1n) is 5.58. The number of hydrogen-bond acceptors (Lipinski definition) is 2. The lowest BCUT2D eigenvalue weighted by Crippen LogP contribution is -2.15. The van der Waals surface area contributed by atoms with Crippen molar-refractivity contribution in [1.82, 2.24) is 0 Å². The quantitative estimate of drug-likeness (QED) is 0.885. The third kappa shape index (κ3) is 3.00. The van der Waals surface area contributed by atoms with Crippen LogP contribution in [-0.4, -0.2) is 11.7 Å². The van der Waals surface area contributed by atoms with Crippen LogP contribution in [0.3, 0.4) is 0 Å². The van der Waals surface area contributed by atoms with E-state index >= 15 is 0 Å². The summed E-state index contributed by atoms with van der Waals surface area (Å²) in [5, 5.41) is 13.1. The minimum absolute atomic E-state index is 0.0961. The predicted octanol–water partition coefficient (Wildman–Crippen LogP) is 3.62. The molecule has 0 heterocycles. The molecule has 4 heteroatoms. The van der Waals surface area contributed by atoms with Gasteiger partial charge in [0.25, 0.3) is 0 Å². The fourth-order valence-corrected chi connectivity index (χ4v) is 1.99. The van der Waals surface area contributed by atoms with Crippen LogP contribution in [0.15, 0.2) is 48.5 Å². The van der Waals surface area contributed by atoms with Gasteiger partial charge in [-0.05, 0) is 35.9 Å². The monoisotopic (exact) mass is 265 g/mol.